The first-order valence-corrected chi connectivity index (χ1v) is 12.6. The van der Waals surface area contributed by atoms with Crippen LogP contribution in [0.3, 0.4) is 0 Å². The number of carbonyl (C=O) groups excluding carboxylic acids is 1. The molecule has 7 nitrogen and oxygen atoms in total. The number of ether oxygens (including phenoxy) is 2. The Balaban J connectivity index is 1.69. The molecule has 0 unspecified atom stereocenters. The van der Waals surface area contributed by atoms with Gasteiger partial charge in [-0.15, -0.1) is 0 Å². The average Bonchev–Trinajstić information content (AvgIpc) is 2.88. The standard InChI is InChI=1S/C28H32F3N3O4/c1-5-38-26(35)18-9-11-27(36,12-10-18)22-14-21-23(15-24(22)37-4)33-17(3)34-25(21)32-16(2)19-7-6-8-20(13-19)28(29,30)31/h6-8,13-16,18,36H,5,9-12H2,1-4H3,(H,32,33,34)/t16-,18-,27-/m1/s1. The van der Waals surface area contributed by atoms with E-state index in [2.05, 4.69) is 15.3 Å². The predicted molar refractivity (Wildman–Crippen MR) is 137 cm³/mol. The molecule has 1 aliphatic carbocycles. The number of alkyl halides is 3. The molecule has 0 radical (unpaired) electrons. The van der Waals surface area contributed by atoms with E-state index in [1.54, 1.807) is 39.0 Å². The molecule has 2 N–H and O–H groups in total. The maximum Gasteiger partial charge on any atom is 0.416 e. The molecule has 0 spiro atoms. The van der Waals surface area contributed by atoms with E-state index in [4.69, 9.17) is 9.47 Å². The molecule has 38 heavy (non-hydrogen) atoms. The van der Waals surface area contributed by atoms with Crippen LogP contribution in [0.1, 0.15) is 68.1 Å². The van der Waals surface area contributed by atoms with Gasteiger partial charge >= 0.3 is 12.1 Å². The van der Waals surface area contributed by atoms with Gasteiger partial charge in [0.1, 0.15) is 17.4 Å². The van der Waals surface area contributed by atoms with E-state index < -0.39 is 23.4 Å². The second kappa shape index (κ2) is 10.8. The minimum atomic E-state index is -4.44. The largest absolute Gasteiger partial charge is 0.496 e. The number of esters is 1. The minimum Gasteiger partial charge on any atom is -0.496 e. The molecule has 1 heterocycles. The Bertz CT molecular complexity index is 1320. The molecule has 3 aromatic rings. The number of hydrogen-bond acceptors (Lipinski definition) is 7. The summed E-state index contributed by atoms with van der Waals surface area (Å²) in [6.07, 6.45) is -2.82. The molecule has 204 valence electrons. The zero-order valence-electron chi connectivity index (χ0n) is 21.9. The number of carbonyl (C=O) groups is 1. The molecular formula is C28H32F3N3O4. The molecule has 4 rings (SSSR count). The van der Waals surface area contributed by atoms with Gasteiger partial charge in [0.25, 0.3) is 0 Å². The van der Waals surface area contributed by atoms with Crippen molar-refractivity contribution in [3.05, 3.63) is 58.9 Å². The molecule has 1 aliphatic rings. The summed E-state index contributed by atoms with van der Waals surface area (Å²) in [5.41, 5.74) is -0.385. The molecule has 1 fully saturated rings. The lowest BCUT2D eigenvalue weighted by Gasteiger charge is -2.36. The van der Waals surface area contributed by atoms with Crippen LogP contribution in [-0.4, -0.2) is 34.8 Å². The van der Waals surface area contributed by atoms with E-state index in [1.165, 1.54) is 13.2 Å². The monoisotopic (exact) mass is 531 g/mol. The number of benzene rings is 2. The van der Waals surface area contributed by atoms with Crippen molar-refractivity contribution in [2.24, 2.45) is 5.92 Å². The van der Waals surface area contributed by atoms with Gasteiger partial charge in [-0.1, -0.05) is 12.1 Å². The number of halogens is 3. The average molecular weight is 532 g/mol. The Labute approximate surface area is 219 Å². The Kier molecular flexibility index (Phi) is 7.83. The second-order valence-electron chi connectivity index (χ2n) is 9.74. The third-order valence-electron chi connectivity index (χ3n) is 7.13. The fourth-order valence-electron chi connectivity index (χ4n) is 5.05. The highest BCUT2D eigenvalue weighted by atomic mass is 19.4. The van der Waals surface area contributed by atoms with Gasteiger partial charge in [0.05, 0.1) is 36.3 Å². The van der Waals surface area contributed by atoms with Gasteiger partial charge < -0.3 is 19.9 Å². The lowest BCUT2D eigenvalue weighted by atomic mass is 9.74. The van der Waals surface area contributed by atoms with Gasteiger partial charge in [0.2, 0.25) is 0 Å². The van der Waals surface area contributed by atoms with E-state index in [-0.39, 0.29) is 11.9 Å². The highest BCUT2D eigenvalue weighted by Crippen LogP contribution is 2.45. The third kappa shape index (κ3) is 5.70. The Morgan fingerprint density at radius 1 is 1.21 bits per heavy atom. The smallest absolute Gasteiger partial charge is 0.416 e. The number of aryl methyl sites for hydroxylation is 1. The Morgan fingerprint density at radius 3 is 2.55 bits per heavy atom. The molecule has 2 aromatic carbocycles. The van der Waals surface area contributed by atoms with Crippen molar-refractivity contribution in [1.29, 1.82) is 0 Å². The SMILES string of the molecule is CCOC(=O)[C@H]1CC[C@@](O)(c2cc3c(N[C@H](C)c4cccc(C(F)(F)F)c4)nc(C)nc3cc2OC)CC1. The van der Waals surface area contributed by atoms with E-state index in [0.29, 0.717) is 71.7 Å². The summed E-state index contributed by atoms with van der Waals surface area (Å²) in [6.45, 7) is 5.56. The van der Waals surface area contributed by atoms with Gasteiger partial charge in [-0.2, -0.15) is 13.2 Å². The first-order valence-electron chi connectivity index (χ1n) is 12.6. The molecular weight excluding hydrogens is 499 g/mol. The predicted octanol–water partition coefficient (Wildman–Crippen LogP) is 6.08. The van der Waals surface area contributed by atoms with Crippen molar-refractivity contribution in [3.63, 3.8) is 0 Å². The van der Waals surface area contributed by atoms with Crippen LogP contribution in [0, 0.1) is 12.8 Å². The van der Waals surface area contributed by atoms with Gasteiger partial charge in [-0.05, 0) is 70.2 Å². The topological polar surface area (TPSA) is 93.6 Å². The first kappa shape index (κ1) is 27.6. The van der Waals surface area contributed by atoms with Gasteiger partial charge in [-0.25, -0.2) is 9.97 Å². The molecule has 0 aliphatic heterocycles. The summed E-state index contributed by atoms with van der Waals surface area (Å²) in [5, 5.41) is 15.5. The first-order chi connectivity index (χ1) is 17.9. The number of fused-ring (bicyclic) bond motifs is 1. The molecule has 1 aromatic heterocycles. The summed E-state index contributed by atoms with van der Waals surface area (Å²) >= 11 is 0. The van der Waals surface area contributed by atoms with Crippen LogP contribution in [0.4, 0.5) is 19.0 Å². The van der Waals surface area contributed by atoms with Crippen LogP contribution in [-0.2, 0) is 21.3 Å². The van der Waals surface area contributed by atoms with Crippen molar-refractivity contribution >= 4 is 22.7 Å². The fraction of sp³-hybridized carbons (Fsp3) is 0.464. The summed E-state index contributed by atoms with van der Waals surface area (Å²) in [5.74, 6) is 0.853. The number of nitrogens with one attached hydrogen (secondary N) is 1. The van der Waals surface area contributed by atoms with Crippen LogP contribution < -0.4 is 10.1 Å². The van der Waals surface area contributed by atoms with Crippen LogP contribution in [0.5, 0.6) is 5.75 Å². The quantitative estimate of drug-likeness (QED) is 0.357. The lowest BCUT2D eigenvalue weighted by Crippen LogP contribution is -2.34. The van der Waals surface area contributed by atoms with Crippen molar-refractivity contribution in [2.75, 3.05) is 19.0 Å². The molecule has 1 saturated carbocycles. The highest BCUT2D eigenvalue weighted by Gasteiger charge is 2.40. The summed E-state index contributed by atoms with van der Waals surface area (Å²) in [7, 11) is 1.52. The number of aromatic nitrogens is 2. The number of methoxy groups -OCH3 is 1. The number of hydrogen-bond donors (Lipinski definition) is 2. The number of anilines is 1. The van der Waals surface area contributed by atoms with E-state index in [9.17, 15) is 23.1 Å². The number of rotatable bonds is 7. The van der Waals surface area contributed by atoms with Crippen molar-refractivity contribution < 1.29 is 32.5 Å². The highest BCUT2D eigenvalue weighted by molar-refractivity contribution is 5.91. The lowest BCUT2D eigenvalue weighted by molar-refractivity contribution is -0.151. The van der Waals surface area contributed by atoms with Crippen molar-refractivity contribution in [2.45, 2.75) is 64.3 Å². The molecule has 0 bridgehead atoms. The van der Waals surface area contributed by atoms with Gasteiger partial charge in [-0.3, -0.25) is 4.79 Å². The molecule has 10 heteroatoms. The third-order valence-corrected chi connectivity index (χ3v) is 7.13. The normalized spacial score (nSPS) is 20.7. The zero-order valence-corrected chi connectivity index (χ0v) is 21.9. The van der Waals surface area contributed by atoms with Crippen LogP contribution in [0.2, 0.25) is 0 Å². The maximum atomic E-state index is 13.3. The molecule has 0 amide bonds. The maximum absolute atomic E-state index is 13.3. The molecule has 1 atom stereocenters. The fourth-order valence-corrected chi connectivity index (χ4v) is 5.05. The minimum absolute atomic E-state index is 0.251. The van der Waals surface area contributed by atoms with Crippen molar-refractivity contribution in [3.8, 4) is 5.75 Å². The van der Waals surface area contributed by atoms with Crippen LogP contribution in [0.25, 0.3) is 10.9 Å². The number of aliphatic hydroxyl groups is 1. The van der Waals surface area contributed by atoms with Crippen LogP contribution >= 0.6 is 0 Å². The van der Waals surface area contributed by atoms with E-state index >= 15 is 0 Å². The van der Waals surface area contributed by atoms with Crippen molar-refractivity contribution in [1.82, 2.24) is 9.97 Å². The summed E-state index contributed by atoms with van der Waals surface area (Å²) in [6, 6.07) is 8.17. The summed E-state index contributed by atoms with van der Waals surface area (Å²) in [4.78, 5) is 21.2. The van der Waals surface area contributed by atoms with Gasteiger partial charge in [0, 0.05) is 23.1 Å². The number of nitrogens with zero attached hydrogens (tertiary/aromatic N) is 2. The Hall–Kier alpha value is -3.40. The van der Waals surface area contributed by atoms with E-state index in [1.807, 2.05) is 0 Å². The Morgan fingerprint density at radius 2 is 1.92 bits per heavy atom. The summed E-state index contributed by atoms with van der Waals surface area (Å²) < 4.78 is 50.5. The van der Waals surface area contributed by atoms with Gasteiger partial charge in [0.15, 0.2) is 0 Å². The second-order valence-corrected chi connectivity index (χ2v) is 9.74. The zero-order chi connectivity index (χ0) is 27.7. The molecule has 0 saturated heterocycles. The van der Waals surface area contributed by atoms with E-state index in [0.717, 1.165) is 12.1 Å². The van der Waals surface area contributed by atoms with Crippen LogP contribution in [0.15, 0.2) is 36.4 Å².